The summed E-state index contributed by atoms with van der Waals surface area (Å²) in [5.41, 5.74) is 1.73. The maximum Gasteiger partial charge on any atom is 0.247 e. The minimum absolute atomic E-state index is 0.00338. The molecule has 1 unspecified atom stereocenters. The number of likely N-dealkylation sites (tertiary alicyclic amines) is 1. The fourth-order valence-electron chi connectivity index (χ4n) is 3.16. The number of nitrogens with zero attached hydrogens (tertiary/aromatic N) is 2. The van der Waals surface area contributed by atoms with Crippen molar-refractivity contribution in [3.8, 4) is 11.5 Å². The Kier molecular flexibility index (Phi) is 3.72. The lowest BCUT2D eigenvalue weighted by Gasteiger charge is -2.21. The van der Waals surface area contributed by atoms with Gasteiger partial charge in [-0.1, -0.05) is 11.2 Å². The van der Waals surface area contributed by atoms with E-state index in [2.05, 4.69) is 5.16 Å². The Morgan fingerprint density at radius 1 is 1.29 bits per heavy atom. The van der Waals surface area contributed by atoms with E-state index in [4.69, 9.17) is 14.0 Å². The van der Waals surface area contributed by atoms with Crippen molar-refractivity contribution in [2.45, 2.75) is 25.8 Å². The van der Waals surface area contributed by atoms with Gasteiger partial charge in [0.1, 0.15) is 11.5 Å². The van der Waals surface area contributed by atoms with Crippen LogP contribution in [-0.4, -0.2) is 29.3 Å². The SMILES string of the molecule is Cc1cc(C2CCCN2C(=O)C=Cc2ccc3c(c2)OCO3)no1. The molecule has 0 N–H and O–H groups in total. The van der Waals surface area contributed by atoms with Crippen molar-refractivity contribution in [1.29, 1.82) is 0 Å². The van der Waals surface area contributed by atoms with Crippen LogP contribution in [0.1, 0.15) is 35.9 Å². The van der Waals surface area contributed by atoms with E-state index in [0.717, 1.165) is 42.2 Å². The number of aryl methyl sites for hydroxylation is 1. The average Bonchev–Trinajstić information content (AvgIpc) is 3.31. The van der Waals surface area contributed by atoms with Gasteiger partial charge < -0.3 is 18.9 Å². The standard InChI is InChI=1S/C18H18N2O4/c1-12-9-14(19-24-12)15-3-2-8-20(15)18(21)7-5-13-4-6-16-17(10-13)23-11-22-16/h4-7,9-10,15H,2-3,8,11H2,1H3. The molecule has 1 atom stereocenters. The molecule has 0 spiro atoms. The van der Waals surface area contributed by atoms with Crippen LogP contribution >= 0.6 is 0 Å². The van der Waals surface area contributed by atoms with E-state index in [1.54, 1.807) is 12.2 Å². The quantitative estimate of drug-likeness (QED) is 0.811. The van der Waals surface area contributed by atoms with E-state index in [1.807, 2.05) is 36.1 Å². The highest BCUT2D eigenvalue weighted by Gasteiger charge is 2.30. The van der Waals surface area contributed by atoms with Crippen LogP contribution in [0.5, 0.6) is 11.5 Å². The Bertz CT molecular complexity index is 796. The molecule has 2 aromatic rings. The highest BCUT2D eigenvalue weighted by molar-refractivity contribution is 5.92. The summed E-state index contributed by atoms with van der Waals surface area (Å²) in [6.45, 7) is 2.84. The van der Waals surface area contributed by atoms with Crippen LogP contribution in [0, 0.1) is 6.92 Å². The third kappa shape index (κ3) is 2.75. The number of benzene rings is 1. The second kappa shape index (κ2) is 6.03. The average molecular weight is 326 g/mol. The summed E-state index contributed by atoms with van der Waals surface area (Å²) < 4.78 is 15.8. The molecule has 6 heteroatoms. The topological polar surface area (TPSA) is 64.8 Å². The second-order valence-corrected chi connectivity index (χ2v) is 6.00. The maximum absolute atomic E-state index is 12.6. The second-order valence-electron chi connectivity index (χ2n) is 6.00. The van der Waals surface area contributed by atoms with Crippen LogP contribution in [0.4, 0.5) is 0 Å². The van der Waals surface area contributed by atoms with E-state index >= 15 is 0 Å². The maximum atomic E-state index is 12.6. The summed E-state index contributed by atoms with van der Waals surface area (Å²) in [5, 5.41) is 4.06. The Balaban J connectivity index is 1.49. The molecule has 0 aliphatic carbocycles. The lowest BCUT2D eigenvalue weighted by Crippen LogP contribution is -2.29. The number of hydrogen-bond donors (Lipinski definition) is 0. The lowest BCUT2D eigenvalue weighted by atomic mass is 10.1. The number of carbonyl (C=O) groups is 1. The molecule has 2 aliphatic heterocycles. The van der Waals surface area contributed by atoms with Gasteiger partial charge in [0, 0.05) is 18.7 Å². The van der Waals surface area contributed by atoms with Gasteiger partial charge in [0.05, 0.1) is 6.04 Å². The van der Waals surface area contributed by atoms with Crippen molar-refractivity contribution in [2.24, 2.45) is 0 Å². The summed E-state index contributed by atoms with van der Waals surface area (Å²) in [7, 11) is 0. The zero-order chi connectivity index (χ0) is 16.5. The first-order valence-corrected chi connectivity index (χ1v) is 8.02. The van der Waals surface area contributed by atoms with Crippen molar-refractivity contribution < 1.29 is 18.8 Å². The largest absolute Gasteiger partial charge is 0.454 e. The number of hydrogen-bond acceptors (Lipinski definition) is 5. The molecule has 0 radical (unpaired) electrons. The minimum atomic E-state index is -0.0178. The molecule has 1 saturated heterocycles. The molecular formula is C18H18N2O4. The van der Waals surface area contributed by atoms with E-state index in [1.165, 1.54) is 0 Å². The normalized spacial score (nSPS) is 19.4. The molecule has 2 aliphatic rings. The highest BCUT2D eigenvalue weighted by atomic mass is 16.7. The Morgan fingerprint density at radius 2 is 2.17 bits per heavy atom. The van der Waals surface area contributed by atoms with E-state index in [9.17, 15) is 4.79 Å². The molecule has 1 aromatic heterocycles. The number of rotatable bonds is 3. The van der Waals surface area contributed by atoms with Crippen molar-refractivity contribution in [1.82, 2.24) is 10.1 Å². The van der Waals surface area contributed by atoms with Gasteiger partial charge in [-0.05, 0) is 43.5 Å². The molecule has 6 nitrogen and oxygen atoms in total. The van der Waals surface area contributed by atoms with Crippen molar-refractivity contribution >= 4 is 12.0 Å². The van der Waals surface area contributed by atoms with Crippen LogP contribution < -0.4 is 9.47 Å². The molecular weight excluding hydrogens is 308 g/mol. The molecule has 0 bridgehead atoms. The first kappa shape index (κ1) is 14.8. The van der Waals surface area contributed by atoms with Crippen molar-refractivity contribution in [3.05, 3.63) is 47.4 Å². The zero-order valence-electron chi connectivity index (χ0n) is 13.4. The van der Waals surface area contributed by atoms with Crippen molar-refractivity contribution in [3.63, 3.8) is 0 Å². The van der Waals surface area contributed by atoms with Gasteiger partial charge in [-0.3, -0.25) is 4.79 Å². The summed E-state index contributed by atoms with van der Waals surface area (Å²) in [4.78, 5) is 14.4. The minimum Gasteiger partial charge on any atom is -0.454 e. The van der Waals surface area contributed by atoms with E-state index in [-0.39, 0.29) is 18.7 Å². The molecule has 4 rings (SSSR count). The van der Waals surface area contributed by atoms with Crippen LogP contribution in [0.25, 0.3) is 6.08 Å². The van der Waals surface area contributed by atoms with Gasteiger partial charge in [0.25, 0.3) is 0 Å². The Morgan fingerprint density at radius 3 is 3.00 bits per heavy atom. The summed E-state index contributed by atoms with van der Waals surface area (Å²) in [6, 6.07) is 7.52. The van der Waals surface area contributed by atoms with Gasteiger partial charge >= 0.3 is 0 Å². The fraction of sp³-hybridized carbons (Fsp3) is 0.333. The molecule has 3 heterocycles. The summed E-state index contributed by atoms with van der Waals surface area (Å²) in [6.07, 6.45) is 5.28. The van der Waals surface area contributed by atoms with Gasteiger partial charge in [-0.2, -0.15) is 0 Å². The number of ether oxygens (including phenoxy) is 2. The number of amides is 1. The Labute approximate surface area is 139 Å². The third-order valence-electron chi connectivity index (χ3n) is 4.34. The molecule has 124 valence electrons. The summed E-state index contributed by atoms with van der Waals surface area (Å²) >= 11 is 0. The van der Waals surface area contributed by atoms with Gasteiger partial charge in [-0.25, -0.2) is 0 Å². The third-order valence-corrected chi connectivity index (χ3v) is 4.34. The van der Waals surface area contributed by atoms with Gasteiger partial charge in [0.15, 0.2) is 11.5 Å². The number of fused-ring (bicyclic) bond motifs is 1. The molecule has 24 heavy (non-hydrogen) atoms. The molecule has 1 amide bonds. The first-order chi connectivity index (χ1) is 11.7. The lowest BCUT2D eigenvalue weighted by molar-refractivity contribution is -0.126. The van der Waals surface area contributed by atoms with Gasteiger partial charge in [-0.15, -0.1) is 0 Å². The predicted octanol–water partition coefficient (Wildman–Crippen LogP) is 3.09. The number of aromatic nitrogens is 1. The Hall–Kier alpha value is -2.76. The summed E-state index contributed by atoms with van der Waals surface area (Å²) in [5.74, 6) is 2.19. The van der Waals surface area contributed by atoms with Crippen LogP contribution in [0.3, 0.4) is 0 Å². The molecule has 1 fully saturated rings. The van der Waals surface area contributed by atoms with Crippen LogP contribution in [-0.2, 0) is 4.79 Å². The van der Waals surface area contributed by atoms with E-state index in [0.29, 0.717) is 5.75 Å². The number of carbonyl (C=O) groups excluding carboxylic acids is 1. The molecule has 1 aromatic carbocycles. The van der Waals surface area contributed by atoms with Crippen LogP contribution in [0.2, 0.25) is 0 Å². The molecule has 0 saturated carbocycles. The van der Waals surface area contributed by atoms with Crippen LogP contribution in [0.15, 0.2) is 34.9 Å². The van der Waals surface area contributed by atoms with E-state index < -0.39 is 0 Å². The van der Waals surface area contributed by atoms with Gasteiger partial charge in [0.2, 0.25) is 12.7 Å². The zero-order valence-corrected chi connectivity index (χ0v) is 13.4. The highest BCUT2D eigenvalue weighted by Crippen LogP contribution is 2.34. The first-order valence-electron chi connectivity index (χ1n) is 8.02. The fourth-order valence-corrected chi connectivity index (χ4v) is 3.16. The smallest absolute Gasteiger partial charge is 0.247 e. The monoisotopic (exact) mass is 326 g/mol. The predicted molar refractivity (Wildman–Crippen MR) is 86.5 cm³/mol. The van der Waals surface area contributed by atoms with Crippen molar-refractivity contribution in [2.75, 3.05) is 13.3 Å².